The van der Waals surface area contributed by atoms with E-state index in [0.29, 0.717) is 23.0 Å². The van der Waals surface area contributed by atoms with Gasteiger partial charge in [0.1, 0.15) is 4.47 Å². The van der Waals surface area contributed by atoms with Crippen LogP contribution in [0.25, 0.3) is 0 Å². The summed E-state index contributed by atoms with van der Waals surface area (Å²) >= 11 is 3.41. The van der Waals surface area contributed by atoms with Crippen molar-refractivity contribution in [2.45, 2.75) is 26.4 Å². The van der Waals surface area contributed by atoms with Crippen molar-refractivity contribution in [1.29, 1.82) is 0 Å². The monoisotopic (exact) mass is 314 g/mol. The topological polar surface area (TPSA) is 50.2 Å². The first kappa shape index (κ1) is 13.5. The van der Waals surface area contributed by atoms with Gasteiger partial charge in [-0.2, -0.15) is 5.10 Å². The van der Waals surface area contributed by atoms with E-state index in [-0.39, 0.29) is 5.56 Å². The van der Waals surface area contributed by atoms with Crippen molar-refractivity contribution in [2.75, 3.05) is 25.0 Å². The van der Waals surface area contributed by atoms with Crippen molar-refractivity contribution in [2.24, 2.45) is 5.92 Å². The van der Waals surface area contributed by atoms with E-state index in [9.17, 15) is 4.79 Å². The van der Waals surface area contributed by atoms with Gasteiger partial charge in [0.25, 0.3) is 5.56 Å². The predicted molar refractivity (Wildman–Crippen MR) is 76.1 cm³/mol. The Hall–Kier alpha value is -0.880. The van der Waals surface area contributed by atoms with E-state index in [1.807, 2.05) is 7.05 Å². The maximum atomic E-state index is 12.2. The lowest BCUT2D eigenvalue weighted by molar-refractivity contribution is 0.425. The highest BCUT2D eigenvalue weighted by Gasteiger charge is 2.24. The molecule has 0 bridgehead atoms. The molecule has 1 saturated heterocycles. The van der Waals surface area contributed by atoms with E-state index >= 15 is 0 Å². The first-order valence-corrected chi connectivity index (χ1v) is 6.99. The highest BCUT2D eigenvalue weighted by atomic mass is 79.9. The second kappa shape index (κ2) is 5.40. The third-order valence-electron chi connectivity index (χ3n) is 3.19. The van der Waals surface area contributed by atoms with E-state index in [1.165, 1.54) is 4.68 Å². The van der Waals surface area contributed by atoms with Crippen molar-refractivity contribution in [3.8, 4) is 0 Å². The fourth-order valence-corrected chi connectivity index (χ4v) is 2.51. The molecule has 0 aromatic carbocycles. The summed E-state index contributed by atoms with van der Waals surface area (Å²) in [6.45, 7) is 6.70. The fraction of sp³-hybridized carbons (Fsp3) is 0.667. The van der Waals surface area contributed by atoms with Crippen molar-refractivity contribution in [1.82, 2.24) is 15.1 Å². The maximum absolute atomic E-state index is 12.2. The molecule has 18 heavy (non-hydrogen) atoms. The van der Waals surface area contributed by atoms with Crippen LogP contribution in [0.1, 0.15) is 13.8 Å². The molecular formula is C12H19BrN4O. The molecule has 6 heteroatoms. The van der Waals surface area contributed by atoms with E-state index in [1.54, 1.807) is 6.20 Å². The largest absolute Gasteiger partial charge is 0.367 e. The SMILES string of the molecule is CC(C)Cn1ncc(N(C)C2CNC2)c(Br)c1=O. The summed E-state index contributed by atoms with van der Waals surface area (Å²) in [4.78, 5) is 14.3. The Balaban J connectivity index is 2.28. The zero-order chi connectivity index (χ0) is 13.3. The zero-order valence-corrected chi connectivity index (χ0v) is 12.6. The Morgan fingerprint density at radius 1 is 1.61 bits per heavy atom. The first-order chi connectivity index (χ1) is 8.50. The molecule has 0 spiro atoms. The molecular weight excluding hydrogens is 296 g/mol. The highest BCUT2D eigenvalue weighted by Crippen LogP contribution is 2.23. The van der Waals surface area contributed by atoms with Crippen LogP contribution in [-0.2, 0) is 6.54 Å². The minimum absolute atomic E-state index is 0.0552. The molecule has 1 aliphatic heterocycles. The van der Waals surface area contributed by atoms with Gasteiger partial charge in [-0.15, -0.1) is 0 Å². The number of anilines is 1. The van der Waals surface area contributed by atoms with Crippen molar-refractivity contribution in [3.05, 3.63) is 21.0 Å². The molecule has 2 rings (SSSR count). The van der Waals surface area contributed by atoms with Crippen LogP contribution in [-0.4, -0.2) is 36.0 Å². The Labute approximate surface area is 115 Å². The fourth-order valence-electron chi connectivity index (χ4n) is 1.92. The summed E-state index contributed by atoms with van der Waals surface area (Å²) in [6, 6.07) is 0.448. The van der Waals surface area contributed by atoms with E-state index in [4.69, 9.17) is 0 Å². The predicted octanol–water partition coefficient (Wildman–Crippen LogP) is 1.07. The standard InChI is InChI=1S/C12H19BrN4O/c1-8(2)7-17-12(18)11(13)10(6-15-17)16(3)9-4-14-5-9/h6,8-9,14H,4-5,7H2,1-3H3. The van der Waals surface area contributed by atoms with Crippen LogP contribution in [0.2, 0.25) is 0 Å². The molecule has 0 atom stereocenters. The van der Waals surface area contributed by atoms with E-state index < -0.39 is 0 Å². The summed E-state index contributed by atoms with van der Waals surface area (Å²) in [5.41, 5.74) is 0.812. The van der Waals surface area contributed by atoms with Crippen LogP contribution in [0, 0.1) is 5.92 Å². The van der Waals surface area contributed by atoms with Crippen molar-refractivity contribution < 1.29 is 0 Å². The van der Waals surface area contributed by atoms with Gasteiger partial charge in [-0.1, -0.05) is 13.8 Å². The average molecular weight is 315 g/mol. The van der Waals surface area contributed by atoms with Crippen molar-refractivity contribution in [3.63, 3.8) is 0 Å². The maximum Gasteiger partial charge on any atom is 0.283 e. The quantitative estimate of drug-likeness (QED) is 0.903. The molecule has 1 fully saturated rings. The summed E-state index contributed by atoms with van der Waals surface area (Å²) in [5.74, 6) is 0.404. The average Bonchev–Trinajstić information content (AvgIpc) is 2.22. The van der Waals surface area contributed by atoms with Gasteiger partial charge in [0.2, 0.25) is 0 Å². The number of hydrogen-bond acceptors (Lipinski definition) is 4. The summed E-state index contributed by atoms with van der Waals surface area (Å²) < 4.78 is 2.12. The van der Waals surface area contributed by atoms with Gasteiger partial charge in [0, 0.05) is 26.7 Å². The Kier molecular flexibility index (Phi) is 4.07. The molecule has 2 heterocycles. The number of rotatable bonds is 4. The Bertz CT molecular complexity index is 481. The number of aromatic nitrogens is 2. The lowest BCUT2D eigenvalue weighted by Crippen LogP contribution is -2.56. The van der Waals surface area contributed by atoms with Gasteiger partial charge in [-0.3, -0.25) is 4.79 Å². The number of likely N-dealkylation sites (N-methyl/N-ethyl adjacent to an activating group) is 1. The van der Waals surface area contributed by atoms with Crippen LogP contribution < -0.4 is 15.8 Å². The summed E-state index contributed by atoms with van der Waals surface area (Å²) in [6.07, 6.45) is 1.77. The highest BCUT2D eigenvalue weighted by molar-refractivity contribution is 9.10. The molecule has 0 radical (unpaired) electrons. The molecule has 0 amide bonds. The smallest absolute Gasteiger partial charge is 0.283 e. The lowest BCUT2D eigenvalue weighted by Gasteiger charge is -2.37. The minimum atomic E-state index is -0.0552. The van der Waals surface area contributed by atoms with Crippen LogP contribution >= 0.6 is 15.9 Å². The van der Waals surface area contributed by atoms with Gasteiger partial charge in [-0.05, 0) is 21.8 Å². The lowest BCUT2D eigenvalue weighted by atomic mass is 10.1. The van der Waals surface area contributed by atoms with Gasteiger partial charge in [0.05, 0.1) is 17.9 Å². The number of nitrogens with one attached hydrogen (secondary N) is 1. The van der Waals surface area contributed by atoms with Crippen LogP contribution in [0.3, 0.4) is 0 Å². The summed E-state index contributed by atoms with van der Waals surface area (Å²) in [5, 5.41) is 7.48. The second-order valence-corrected chi connectivity index (χ2v) is 5.94. The second-order valence-electron chi connectivity index (χ2n) is 5.15. The normalized spacial score (nSPS) is 15.8. The van der Waals surface area contributed by atoms with Gasteiger partial charge in [-0.25, -0.2) is 4.68 Å². The van der Waals surface area contributed by atoms with Gasteiger partial charge in [0.15, 0.2) is 0 Å². The number of halogens is 1. The number of nitrogens with zero attached hydrogens (tertiary/aromatic N) is 3. The van der Waals surface area contributed by atoms with Crippen molar-refractivity contribution >= 4 is 21.6 Å². The molecule has 1 aromatic heterocycles. The van der Waals surface area contributed by atoms with Gasteiger partial charge < -0.3 is 10.2 Å². The Morgan fingerprint density at radius 3 is 2.78 bits per heavy atom. The number of hydrogen-bond donors (Lipinski definition) is 1. The first-order valence-electron chi connectivity index (χ1n) is 6.20. The molecule has 100 valence electrons. The van der Waals surface area contributed by atoms with Gasteiger partial charge >= 0.3 is 0 Å². The summed E-state index contributed by atoms with van der Waals surface area (Å²) in [7, 11) is 2.00. The third kappa shape index (κ3) is 2.59. The molecule has 1 aromatic rings. The molecule has 5 nitrogen and oxygen atoms in total. The molecule has 1 aliphatic rings. The molecule has 1 N–H and O–H groups in total. The molecule has 0 saturated carbocycles. The zero-order valence-electron chi connectivity index (χ0n) is 11.0. The Morgan fingerprint density at radius 2 is 2.28 bits per heavy atom. The van der Waals surface area contributed by atoms with Crippen LogP contribution in [0.15, 0.2) is 15.5 Å². The van der Waals surface area contributed by atoms with E-state index in [2.05, 4.69) is 45.1 Å². The minimum Gasteiger partial charge on any atom is -0.367 e. The van der Waals surface area contributed by atoms with Crippen LogP contribution in [0.5, 0.6) is 0 Å². The van der Waals surface area contributed by atoms with Crippen LogP contribution in [0.4, 0.5) is 5.69 Å². The molecule has 0 aliphatic carbocycles. The van der Waals surface area contributed by atoms with E-state index in [0.717, 1.165) is 18.8 Å². The third-order valence-corrected chi connectivity index (χ3v) is 3.94. The molecule has 0 unspecified atom stereocenters.